The number of rotatable bonds is 3. The predicted octanol–water partition coefficient (Wildman–Crippen LogP) is 1.90. The van der Waals surface area contributed by atoms with E-state index in [2.05, 4.69) is 11.8 Å². The SMILES string of the molecule is CC(c1ccc(CN)o1)N1CCCC1. The average Bonchev–Trinajstić information content (AvgIpc) is 2.88. The summed E-state index contributed by atoms with van der Waals surface area (Å²) in [6, 6.07) is 4.42. The number of hydrogen-bond acceptors (Lipinski definition) is 3. The van der Waals surface area contributed by atoms with Crippen LogP contribution < -0.4 is 5.73 Å². The average molecular weight is 194 g/mol. The van der Waals surface area contributed by atoms with Crippen molar-refractivity contribution in [3.63, 3.8) is 0 Å². The van der Waals surface area contributed by atoms with Crippen molar-refractivity contribution in [1.29, 1.82) is 0 Å². The minimum Gasteiger partial charge on any atom is -0.463 e. The van der Waals surface area contributed by atoms with E-state index in [-0.39, 0.29) is 0 Å². The molecule has 0 spiro atoms. The summed E-state index contributed by atoms with van der Waals surface area (Å²) in [4.78, 5) is 2.46. The molecule has 0 amide bonds. The van der Waals surface area contributed by atoms with Gasteiger partial charge in [0.15, 0.2) is 0 Å². The van der Waals surface area contributed by atoms with E-state index in [1.807, 2.05) is 12.1 Å². The van der Waals surface area contributed by atoms with Crippen LogP contribution in [0.15, 0.2) is 16.5 Å². The molecule has 1 fully saturated rings. The van der Waals surface area contributed by atoms with Crippen molar-refractivity contribution in [2.24, 2.45) is 5.73 Å². The first-order valence-corrected chi connectivity index (χ1v) is 5.34. The molecule has 78 valence electrons. The molecule has 1 atom stereocenters. The Hall–Kier alpha value is -0.800. The van der Waals surface area contributed by atoms with E-state index in [0.717, 1.165) is 11.5 Å². The maximum atomic E-state index is 5.64. The van der Waals surface area contributed by atoms with Crippen LogP contribution in [0.5, 0.6) is 0 Å². The third-order valence-corrected chi connectivity index (χ3v) is 2.98. The maximum Gasteiger partial charge on any atom is 0.121 e. The molecule has 14 heavy (non-hydrogen) atoms. The lowest BCUT2D eigenvalue weighted by Gasteiger charge is -2.21. The number of furan rings is 1. The highest BCUT2D eigenvalue weighted by molar-refractivity contribution is 5.10. The summed E-state index contributed by atoms with van der Waals surface area (Å²) >= 11 is 0. The third-order valence-electron chi connectivity index (χ3n) is 2.98. The Kier molecular flexibility index (Phi) is 2.89. The predicted molar refractivity (Wildman–Crippen MR) is 55.8 cm³/mol. The van der Waals surface area contributed by atoms with Gasteiger partial charge < -0.3 is 10.2 Å². The molecule has 1 aliphatic rings. The summed E-state index contributed by atoms with van der Waals surface area (Å²) in [5.41, 5.74) is 5.51. The topological polar surface area (TPSA) is 42.4 Å². The molecule has 1 aromatic rings. The van der Waals surface area contributed by atoms with Gasteiger partial charge in [-0.2, -0.15) is 0 Å². The Morgan fingerprint density at radius 3 is 2.71 bits per heavy atom. The van der Waals surface area contributed by atoms with Gasteiger partial charge in [-0.05, 0) is 45.0 Å². The first-order chi connectivity index (χ1) is 6.81. The summed E-state index contributed by atoms with van der Waals surface area (Å²) in [5, 5.41) is 0. The van der Waals surface area contributed by atoms with Crippen molar-refractivity contribution in [1.82, 2.24) is 4.90 Å². The highest BCUT2D eigenvalue weighted by atomic mass is 16.3. The van der Waals surface area contributed by atoms with Crippen molar-refractivity contribution >= 4 is 0 Å². The highest BCUT2D eigenvalue weighted by Gasteiger charge is 2.21. The summed E-state index contributed by atoms with van der Waals surface area (Å²) in [6.45, 7) is 5.08. The van der Waals surface area contributed by atoms with Crippen molar-refractivity contribution in [3.8, 4) is 0 Å². The molecule has 0 aromatic carbocycles. The Morgan fingerprint density at radius 1 is 1.43 bits per heavy atom. The molecule has 0 aliphatic carbocycles. The quantitative estimate of drug-likeness (QED) is 0.799. The van der Waals surface area contributed by atoms with Crippen molar-refractivity contribution < 1.29 is 4.42 Å². The smallest absolute Gasteiger partial charge is 0.121 e. The van der Waals surface area contributed by atoms with Crippen LogP contribution in [0.1, 0.15) is 37.3 Å². The number of likely N-dealkylation sites (tertiary alicyclic amines) is 1. The van der Waals surface area contributed by atoms with Crippen LogP contribution in [0.4, 0.5) is 0 Å². The second kappa shape index (κ2) is 4.15. The molecule has 1 unspecified atom stereocenters. The minimum absolute atomic E-state index is 0.401. The first kappa shape index (κ1) is 9.74. The molecule has 3 nitrogen and oxygen atoms in total. The van der Waals surface area contributed by atoms with Gasteiger partial charge in [0.25, 0.3) is 0 Å². The van der Waals surface area contributed by atoms with Gasteiger partial charge in [-0.1, -0.05) is 0 Å². The summed E-state index contributed by atoms with van der Waals surface area (Å²) in [7, 11) is 0. The molecule has 2 heterocycles. The molecule has 1 saturated heterocycles. The van der Waals surface area contributed by atoms with Gasteiger partial charge >= 0.3 is 0 Å². The zero-order valence-corrected chi connectivity index (χ0v) is 8.70. The first-order valence-electron chi connectivity index (χ1n) is 5.34. The largest absolute Gasteiger partial charge is 0.463 e. The van der Waals surface area contributed by atoms with Crippen LogP contribution in [0.3, 0.4) is 0 Å². The van der Waals surface area contributed by atoms with Crippen LogP contribution in [0.25, 0.3) is 0 Å². The van der Waals surface area contributed by atoms with Gasteiger partial charge in [-0.15, -0.1) is 0 Å². The molecule has 3 heteroatoms. The van der Waals surface area contributed by atoms with Crippen molar-refractivity contribution in [2.75, 3.05) is 13.1 Å². The van der Waals surface area contributed by atoms with E-state index in [9.17, 15) is 0 Å². The van der Waals surface area contributed by atoms with Gasteiger partial charge in [0, 0.05) is 0 Å². The fourth-order valence-electron chi connectivity index (χ4n) is 2.04. The Labute approximate surface area is 84.9 Å². The fraction of sp³-hybridized carbons (Fsp3) is 0.636. The Morgan fingerprint density at radius 2 is 2.14 bits per heavy atom. The van der Waals surface area contributed by atoms with Crippen LogP contribution in [-0.4, -0.2) is 18.0 Å². The van der Waals surface area contributed by atoms with E-state index in [0.29, 0.717) is 12.6 Å². The third kappa shape index (κ3) is 1.83. The van der Waals surface area contributed by atoms with Crippen LogP contribution >= 0.6 is 0 Å². The molecule has 0 saturated carbocycles. The lowest BCUT2D eigenvalue weighted by Crippen LogP contribution is -2.22. The molecule has 0 radical (unpaired) electrons. The van der Waals surface area contributed by atoms with E-state index >= 15 is 0 Å². The van der Waals surface area contributed by atoms with E-state index in [4.69, 9.17) is 10.2 Å². The maximum absolute atomic E-state index is 5.64. The van der Waals surface area contributed by atoms with Gasteiger partial charge in [0.1, 0.15) is 11.5 Å². The van der Waals surface area contributed by atoms with E-state index in [1.165, 1.54) is 25.9 Å². The summed E-state index contributed by atoms with van der Waals surface area (Å²) in [5.74, 6) is 1.93. The highest BCUT2D eigenvalue weighted by Crippen LogP contribution is 2.25. The Bertz CT molecular complexity index is 289. The number of hydrogen-bond donors (Lipinski definition) is 1. The van der Waals surface area contributed by atoms with Gasteiger partial charge in [0.05, 0.1) is 12.6 Å². The molecule has 2 rings (SSSR count). The lowest BCUT2D eigenvalue weighted by atomic mass is 10.2. The van der Waals surface area contributed by atoms with Crippen LogP contribution in [-0.2, 0) is 6.54 Å². The van der Waals surface area contributed by atoms with Crippen LogP contribution in [0.2, 0.25) is 0 Å². The lowest BCUT2D eigenvalue weighted by molar-refractivity contribution is 0.228. The molecule has 0 bridgehead atoms. The number of nitrogens with zero attached hydrogens (tertiary/aromatic N) is 1. The molecular formula is C11H18N2O. The second-order valence-electron chi connectivity index (χ2n) is 3.93. The number of nitrogens with two attached hydrogens (primary N) is 1. The molecule has 1 aliphatic heterocycles. The van der Waals surface area contributed by atoms with E-state index in [1.54, 1.807) is 0 Å². The van der Waals surface area contributed by atoms with Gasteiger partial charge in [-0.25, -0.2) is 0 Å². The monoisotopic (exact) mass is 194 g/mol. The standard InChI is InChI=1S/C11H18N2O/c1-9(13-6-2-3-7-13)11-5-4-10(8-12)14-11/h4-5,9H,2-3,6-8,12H2,1H3. The molecule has 1 aromatic heterocycles. The van der Waals surface area contributed by atoms with E-state index < -0.39 is 0 Å². The van der Waals surface area contributed by atoms with Gasteiger partial charge in [0.2, 0.25) is 0 Å². The second-order valence-corrected chi connectivity index (χ2v) is 3.93. The van der Waals surface area contributed by atoms with Crippen LogP contribution in [0, 0.1) is 0 Å². The summed E-state index contributed by atoms with van der Waals surface area (Å²) in [6.07, 6.45) is 2.63. The van der Waals surface area contributed by atoms with Crippen molar-refractivity contribution in [2.45, 2.75) is 32.4 Å². The zero-order valence-electron chi connectivity index (χ0n) is 8.70. The summed E-state index contributed by atoms with van der Waals surface area (Å²) < 4.78 is 5.64. The van der Waals surface area contributed by atoms with Crippen molar-refractivity contribution in [3.05, 3.63) is 23.7 Å². The van der Waals surface area contributed by atoms with Gasteiger partial charge in [-0.3, -0.25) is 4.90 Å². The molecular weight excluding hydrogens is 176 g/mol. The fourth-order valence-corrected chi connectivity index (χ4v) is 2.04. The normalized spacial score (nSPS) is 20.1. The minimum atomic E-state index is 0.401. The Balaban J connectivity index is 2.05. The molecule has 2 N–H and O–H groups in total. The zero-order chi connectivity index (χ0) is 9.97.